The maximum atomic E-state index is 7.34. The van der Waals surface area contributed by atoms with Crippen LogP contribution in [0.4, 0.5) is 0 Å². The quantitative estimate of drug-likeness (QED) is 0.378. The number of hydrogen-bond acceptors (Lipinski definition) is 5. The predicted octanol–water partition coefficient (Wildman–Crippen LogP) is 1.76. The molecule has 5 nitrogen and oxygen atoms in total. The van der Waals surface area contributed by atoms with E-state index in [9.17, 15) is 0 Å². The standard InChI is InChI=1S/C12H13N5S/c1-8-2-4-16-12(17-8)18-7-9-3-5-15-10(6-9)11(13)14/h2-6H,7H2,1H3,(H3,13,14). The maximum Gasteiger partial charge on any atom is 0.188 e. The number of aryl methyl sites for hydroxylation is 1. The third kappa shape index (κ3) is 3.27. The Balaban J connectivity index is 2.06. The van der Waals surface area contributed by atoms with E-state index in [0.717, 1.165) is 22.2 Å². The number of nitrogen functional groups attached to an aromatic ring is 1. The van der Waals surface area contributed by atoms with Crippen molar-refractivity contribution in [3.63, 3.8) is 0 Å². The number of aromatic nitrogens is 3. The van der Waals surface area contributed by atoms with Gasteiger partial charge in [-0.1, -0.05) is 11.8 Å². The summed E-state index contributed by atoms with van der Waals surface area (Å²) in [5.74, 6) is 0.709. The number of amidine groups is 1. The van der Waals surface area contributed by atoms with Crippen LogP contribution in [0.1, 0.15) is 17.0 Å². The summed E-state index contributed by atoms with van der Waals surface area (Å²) in [6, 6.07) is 5.57. The fraction of sp³-hybridized carbons (Fsp3) is 0.167. The predicted molar refractivity (Wildman–Crippen MR) is 71.6 cm³/mol. The summed E-state index contributed by atoms with van der Waals surface area (Å²) < 4.78 is 0. The van der Waals surface area contributed by atoms with Gasteiger partial charge in [0.1, 0.15) is 11.5 Å². The van der Waals surface area contributed by atoms with E-state index < -0.39 is 0 Å². The first-order valence-electron chi connectivity index (χ1n) is 5.37. The normalized spacial score (nSPS) is 10.3. The van der Waals surface area contributed by atoms with Crippen molar-refractivity contribution in [2.45, 2.75) is 17.8 Å². The molecule has 92 valence electrons. The highest BCUT2D eigenvalue weighted by atomic mass is 32.2. The second-order valence-electron chi connectivity index (χ2n) is 3.73. The Morgan fingerprint density at radius 2 is 2.11 bits per heavy atom. The van der Waals surface area contributed by atoms with Crippen LogP contribution in [0.25, 0.3) is 0 Å². The molecule has 0 amide bonds. The highest BCUT2D eigenvalue weighted by Crippen LogP contribution is 2.18. The smallest absolute Gasteiger partial charge is 0.188 e. The maximum absolute atomic E-state index is 7.34. The molecule has 0 bridgehead atoms. The lowest BCUT2D eigenvalue weighted by Gasteiger charge is -2.03. The average molecular weight is 259 g/mol. The topological polar surface area (TPSA) is 88.5 Å². The molecule has 0 spiro atoms. The van der Waals surface area contributed by atoms with Crippen LogP contribution in [0.2, 0.25) is 0 Å². The summed E-state index contributed by atoms with van der Waals surface area (Å²) in [7, 11) is 0. The van der Waals surface area contributed by atoms with Crippen LogP contribution in [0.3, 0.4) is 0 Å². The lowest BCUT2D eigenvalue weighted by molar-refractivity contribution is 0.931. The molecule has 2 rings (SSSR count). The van der Waals surface area contributed by atoms with Crippen LogP contribution in [0.15, 0.2) is 35.7 Å². The average Bonchev–Trinajstić information content (AvgIpc) is 2.37. The number of nitrogens with two attached hydrogens (primary N) is 1. The van der Waals surface area contributed by atoms with E-state index in [2.05, 4.69) is 15.0 Å². The van der Waals surface area contributed by atoms with E-state index in [1.807, 2.05) is 25.1 Å². The summed E-state index contributed by atoms with van der Waals surface area (Å²) in [5, 5.41) is 8.09. The number of pyridine rings is 1. The minimum absolute atomic E-state index is 0.0198. The Morgan fingerprint density at radius 1 is 1.33 bits per heavy atom. The van der Waals surface area contributed by atoms with Crippen LogP contribution in [-0.2, 0) is 5.75 Å². The van der Waals surface area contributed by atoms with Gasteiger partial charge in [-0.25, -0.2) is 9.97 Å². The highest BCUT2D eigenvalue weighted by Gasteiger charge is 2.02. The summed E-state index contributed by atoms with van der Waals surface area (Å²) in [4.78, 5) is 12.5. The SMILES string of the molecule is Cc1ccnc(SCc2ccnc(C(=N)N)c2)n1. The Kier molecular flexibility index (Phi) is 3.88. The third-order valence-electron chi connectivity index (χ3n) is 2.24. The fourth-order valence-corrected chi connectivity index (χ4v) is 2.17. The summed E-state index contributed by atoms with van der Waals surface area (Å²) in [6.45, 7) is 1.94. The Hall–Kier alpha value is -1.95. The molecule has 0 aliphatic rings. The molecule has 0 atom stereocenters. The van der Waals surface area contributed by atoms with E-state index >= 15 is 0 Å². The van der Waals surface area contributed by atoms with E-state index in [1.165, 1.54) is 0 Å². The first kappa shape index (κ1) is 12.5. The van der Waals surface area contributed by atoms with Gasteiger partial charge in [-0.15, -0.1) is 0 Å². The third-order valence-corrected chi connectivity index (χ3v) is 3.17. The zero-order valence-corrected chi connectivity index (χ0v) is 10.7. The molecular weight excluding hydrogens is 246 g/mol. The van der Waals surface area contributed by atoms with Gasteiger partial charge < -0.3 is 5.73 Å². The monoisotopic (exact) mass is 259 g/mol. The summed E-state index contributed by atoms with van der Waals surface area (Å²) in [6.07, 6.45) is 3.40. The van der Waals surface area contributed by atoms with Crippen molar-refractivity contribution in [2.75, 3.05) is 0 Å². The van der Waals surface area contributed by atoms with Crippen molar-refractivity contribution in [2.24, 2.45) is 5.73 Å². The van der Waals surface area contributed by atoms with Gasteiger partial charge in [-0.05, 0) is 30.7 Å². The van der Waals surface area contributed by atoms with Crippen molar-refractivity contribution in [3.8, 4) is 0 Å². The zero-order valence-electron chi connectivity index (χ0n) is 9.92. The summed E-state index contributed by atoms with van der Waals surface area (Å²) in [5.41, 5.74) is 7.89. The minimum Gasteiger partial charge on any atom is -0.382 e. The number of nitrogens with zero attached hydrogens (tertiary/aromatic N) is 3. The molecule has 0 saturated heterocycles. The molecule has 0 aliphatic heterocycles. The number of nitrogens with one attached hydrogen (secondary N) is 1. The number of rotatable bonds is 4. The Morgan fingerprint density at radius 3 is 2.83 bits per heavy atom. The second-order valence-corrected chi connectivity index (χ2v) is 4.67. The molecule has 0 fully saturated rings. The lowest BCUT2D eigenvalue weighted by Crippen LogP contribution is -2.13. The first-order valence-corrected chi connectivity index (χ1v) is 6.35. The first-order chi connectivity index (χ1) is 8.65. The van der Waals surface area contributed by atoms with Crippen LogP contribution >= 0.6 is 11.8 Å². The van der Waals surface area contributed by atoms with Crippen molar-refractivity contribution < 1.29 is 0 Å². The van der Waals surface area contributed by atoms with Gasteiger partial charge in [-0.2, -0.15) is 0 Å². The minimum atomic E-state index is -0.0198. The van der Waals surface area contributed by atoms with E-state index in [-0.39, 0.29) is 5.84 Å². The zero-order chi connectivity index (χ0) is 13.0. The highest BCUT2D eigenvalue weighted by molar-refractivity contribution is 7.98. The molecule has 2 heterocycles. The van der Waals surface area contributed by atoms with Crippen LogP contribution in [0, 0.1) is 12.3 Å². The van der Waals surface area contributed by atoms with Gasteiger partial charge in [0, 0.05) is 23.8 Å². The summed E-state index contributed by atoms with van der Waals surface area (Å²) >= 11 is 1.55. The molecule has 0 aromatic carbocycles. The largest absolute Gasteiger partial charge is 0.382 e. The molecule has 2 aromatic rings. The second kappa shape index (κ2) is 5.59. The van der Waals surface area contributed by atoms with Crippen LogP contribution in [0.5, 0.6) is 0 Å². The Labute approximate surface area is 109 Å². The van der Waals surface area contributed by atoms with Gasteiger partial charge in [0.2, 0.25) is 0 Å². The molecule has 0 unspecified atom stereocenters. The molecule has 3 N–H and O–H groups in total. The number of thioether (sulfide) groups is 1. The van der Waals surface area contributed by atoms with Crippen molar-refractivity contribution in [1.29, 1.82) is 5.41 Å². The Bertz CT molecular complexity index is 570. The fourth-order valence-electron chi connectivity index (χ4n) is 1.35. The molecule has 6 heteroatoms. The molecule has 2 aromatic heterocycles. The molecular formula is C12H13N5S. The van der Waals surface area contributed by atoms with Crippen LogP contribution < -0.4 is 5.73 Å². The molecule has 0 saturated carbocycles. The van der Waals surface area contributed by atoms with Crippen molar-refractivity contribution in [3.05, 3.63) is 47.5 Å². The molecule has 18 heavy (non-hydrogen) atoms. The van der Waals surface area contributed by atoms with E-state index in [0.29, 0.717) is 5.69 Å². The van der Waals surface area contributed by atoms with Crippen molar-refractivity contribution in [1.82, 2.24) is 15.0 Å². The van der Waals surface area contributed by atoms with Gasteiger partial charge >= 0.3 is 0 Å². The lowest BCUT2D eigenvalue weighted by atomic mass is 10.2. The van der Waals surface area contributed by atoms with Gasteiger partial charge in [-0.3, -0.25) is 10.4 Å². The number of hydrogen-bond donors (Lipinski definition) is 2. The van der Waals surface area contributed by atoms with Crippen LogP contribution in [-0.4, -0.2) is 20.8 Å². The van der Waals surface area contributed by atoms with Gasteiger partial charge in [0.25, 0.3) is 0 Å². The van der Waals surface area contributed by atoms with E-state index in [1.54, 1.807) is 24.2 Å². The van der Waals surface area contributed by atoms with Gasteiger partial charge in [0.05, 0.1) is 0 Å². The van der Waals surface area contributed by atoms with Gasteiger partial charge in [0.15, 0.2) is 5.16 Å². The van der Waals surface area contributed by atoms with E-state index in [4.69, 9.17) is 11.1 Å². The van der Waals surface area contributed by atoms with Crippen molar-refractivity contribution >= 4 is 17.6 Å². The molecule has 0 radical (unpaired) electrons. The molecule has 0 aliphatic carbocycles.